The molecule has 2 rings (SSSR count). The minimum absolute atomic E-state index is 0.442. The van der Waals surface area contributed by atoms with Crippen molar-refractivity contribution in [3.8, 4) is 0 Å². The molecule has 0 amide bonds. The van der Waals surface area contributed by atoms with Gasteiger partial charge < -0.3 is 4.42 Å². The van der Waals surface area contributed by atoms with E-state index in [4.69, 9.17) is 4.42 Å². The summed E-state index contributed by atoms with van der Waals surface area (Å²) in [4.78, 5) is 0. The first kappa shape index (κ1) is 10.0. The van der Waals surface area contributed by atoms with E-state index in [-0.39, 0.29) is 0 Å². The summed E-state index contributed by atoms with van der Waals surface area (Å²) in [5.74, 6) is 1.39. The van der Waals surface area contributed by atoms with Gasteiger partial charge in [-0.1, -0.05) is 37.3 Å². The Morgan fingerprint density at radius 1 is 1.13 bits per heavy atom. The van der Waals surface area contributed by atoms with Gasteiger partial charge in [0.15, 0.2) is 0 Å². The molecule has 0 saturated heterocycles. The van der Waals surface area contributed by atoms with Crippen molar-refractivity contribution >= 4 is 0 Å². The second kappa shape index (κ2) is 4.83. The molecule has 15 heavy (non-hydrogen) atoms. The molecule has 1 heteroatoms. The first-order valence-corrected chi connectivity index (χ1v) is 5.33. The van der Waals surface area contributed by atoms with Gasteiger partial charge in [0.2, 0.25) is 0 Å². The van der Waals surface area contributed by atoms with Gasteiger partial charge >= 0.3 is 0 Å². The molecule has 2 aromatic rings. The number of hydrogen-bond acceptors (Lipinski definition) is 1. The fourth-order valence-electron chi connectivity index (χ4n) is 1.73. The quantitative estimate of drug-likeness (QED) is 0.724. The van der Waals surface area contributed by atoms with E-state index < -0.39 is 0 Å². The minimum atomic E-state index is 0.442. The summed E-state index contributed by atoms with van der Waals surface area (Å²) in [6.07, 6.45) is 4.98. The number of furan rings is 1. The molecule has 0 N–H and O–H groups in total. The molecule has 0 aliphatic rings. The SMILES string of the molecule is CCC([CH]c1ccco1)c1ccccc1. The molecule has 1 atom stereocenters. The van der Waals surface area contributed by atoms with Crippen LogP contribution in [0.3, 0.4) is 0 Å². The lowest BCUT2D eigenvalue weighted by Crippen LogP contribution is -1.98. The smallest absolute Gasteiger partial charge is 0.108 e. The van der Waals surface area contributed by atoms with Crippen molar-refractivity contribution in [2.24, 2.45) is 0 Å². The van der Waals surface area contributed by atoms with Gasteiger partial charge in [-0.05, 0) is 30.0 Å². The Morgan fingerprint density at radius 2 is 1.93 bits per heavy atom. The first-order chi connectivity index (χ1) is 7.40. The lowest BCUT2D eigenvalue weighted by atomic mass is 9.92. The average molecular weight is 199 g/mol. The summed E-state index contributed by atoms with van der Waals surface area (Å²) < 4.78 is 5.33. The van der Waals surface area contributed by atoms with Crippen LogP contribution in [0.4, 0.5) is 0 Å². The molecular formula is C14H15O. The van der Waals surface area contributed by atoms with Crippen LogP contribution < -0.4 is 0 Å². The summed E-state index contributed by atoms with van der Waals surface area (Å²) in [7, 11) is 0. The van der Waals surface area contributed by atoms with Crippen molar-refractivity contribution in [2.45, 2.75) is 19.3 Å². The maximum absolute atomic E-state index is 5.33. The predicted octanol–water partition coefficient (Wildman–Crippen LogP) is 4.03. The Balaban J connectivity index is 2.12. The zero-order chi connectivity index (χ0) is 10.5. The zero-order valence-corrected chi connectivity index (χ0v) is 8.89. The molecule has 1 nitrogen and oxygen atoms in total. The van der Waals surface area contributed by atoms with Gasteiger partial charge in [0.05, 0.1) is 6.26 Å². The average Bonchev–Trinajstić information content (AvgIpc) is 2.80. The molecule has 1 aromatic heterocycles. The topological polar surface area (TPSA) is 13.1 Å². The van der Waals surface area contributed by atoms with Crippen molar-refractivity contribution in [1.82, 2.24) is 0 Å². The highest BCUT2D eigenvalue weighted by molar-refractivity contribution is 5.26. The van der Waals surface area contributed by atoms with Crippen LogP contribution in [0.2, 0.25) is 0 Å². The van der Waals surface area contributed by atoms with Gasteiger partial charge in [0, 0.05) is 6.42 Å². The number of hydrogen-bond donors (Lipinski definition) is 0. The second-order valence-electron chi connectivity index (χ2n) is 3.61. The van der Waals surface area contributed by atoms with E-state index in [0.29, 0.717) is 5.92 Å². The van der Waals surface area contributed by atoms with Crippen molar-refractivity contribution in [2.75, 3.05) is 0 Å². The van der Waals surface area contributed by atoms with E-state index in [9.17, 15) is 0 Å². The van der Waals surface area contributed by atoms with Gasteiger partial charge in [-0.2, -0.15) is 0 Å². The van der Waals surface area contributed by atoms with E-state index in [1.807, 2.05) is 18.2 Å². The van der Waals surface area contributed by atoms with Crippen LogP contribution in [0.15, 0.2) is 53.1 Å². The van der Waals surface area contributed by atoms with Crippen LogP contribution in [0.1, 0.15) is 30.6 Å². The van der Waals surface area contributed by atoms with E-state index in [1.165, 1.54) is 5.56 Å². The fourth-order valence-corrected chi connectivity index (χ4v) is 1.73. The Labute approximate surface area is 90.7 Å². The van der Waals surface area contributed by atoms with Crippen LogP contribution in [0.25, 0.3) is 0 Å². The first-order valence-electron chi connectivity index (χ1n) is 5.33. The maximum Gasteiger partial charge on any atom is 0.108 e. The van der Waals surface area contributed by atoms with Crippen LogP contribution in [0.5, 0.6) is 0 Å². The van der Waals surface area contributed by atoms with Crippen LogP contribution in [-0.4, -0.2) is 0 Å². The van der Waals surface area contributed by atoms with Gasteiger partial charge in [-0.25, -0.2) is 0 Å². The molecule has 0 saturated carbocycles. The third-order valence-electron chi connectivity index (χ3n) is 2.58. The lowest BCUT2D eigenvalue weighted by molar-refractivity contribution is 0.526. The molecule has 0 fully saturated rings. The molecule has 1 heterocycles. The standard InChI is InChI=1S/C14H15O/c1-2-12(11-14-9-6-10-15-14)13-7-4-3-5-8-13/h3-12H,2H2,1H3. The van der Waals surface area contributed by atoms with E-state index in [0.717, 1.165) is 12.2 Å². The van der Waals surface area contributed by atoms with Gasteiger partial charge in [-0.3, -0.25) is 0 Å². The fraction of sp³-hybridized carbons (Fsp3) is 0.214. The Morgan fingerprint density at radius 3 is 2.53 bits per heavy atom. The Bertz CT molecular complexity index is 375. The van der Waals surface area contributed by atoms with E-state index in [2.05, 4.69) is 37.6 Å². The highest BCUT2D eigenvalue weighted by atomic mass is 16.3. The molecular weight excluding hydrogens is 184 g/mol. The summed E-state index contributed by atoms with van der Waals surface area (Å²) in [6.45, 7) is 2.19. The third-order valence-corrected chi connectivity index (χ3v) is 2.58. The maximum atomic E-state index is 5.33. The summed E-state index contributed by atoms with van der Waals surface area (Å²) in [5.41, 5.74) is 1.34. The molecule has 0 spiro atoms. The Hall–Kier alpha value is -1.50. The van der Waals surface area contributed by atoms with Crippen molar-refractivity contribution in [3.05, 3.63) is 66.5 Å². The van der Waals surface area contributed by atoms with Crippen molar-refractivity contribution < 1.29 is 4.42 Å². The molecule has 0 aliphatic heterocycles. The molecule has 0 bridgehead atoms. The van der Waals surface area contributed by atoms with Gasteiger partial charge in [0.25, 0.3) is 0 Å². The molecule has 1 radical (unpaired) electrons. The number of rotatable bonds is 4. The molecule has 1 unspecified atom stereocenters. The molecule has 1 aromatic carbocycles. The summed E-state index contributed by atoms with van der Waals surface area (Å²) in [6, 6.07) is 14.4. The summed E-state index contributed by atoms with van der Waals surface area (Å²) in [5, 5.41) is 0. The third kappa shape index (κ3) is 2.50. The molecule has 77 valence electrons. The number of benzene rings is 1. The Kier molecular flexibility index (Phi) is 3.23. The van der Waals surface area contributed by atoms with Gasteiger partial charge in [-0.15, -0.1) is 0 Å². The lowest BCUT2D eigenvalue weighted by Gasteiger charge is -2.12. The minimum Gasteiger partial charge on any atom is -0.469 e. The van der Waals surface area contributed by atoms with Crippen LogP contribution >= 0.6 is 0 Å². The van der Waals surface area contributed by atoms with Gasteiger partial charge in [0.1, 0.15) is 5.76 Å². The monoisotopic (exact) mass is 199 g/mol. The van der Waals surface area contributed by atoms with Crippen LogP contribution in [-0.2, 0) is 0 Å². The highest BCUT2D eigenvalue weighted by Gasteiger charge is 2.11. The van der Waals surface area contributed by atoms with E-state index in [1.54, 1.807) is 6.26 Å². The normalized spacial score (nSPS) is 12.6. The van der Waals surface area contributed by atoms with Crippen molar-refractivity contribution in [1.29, 1.82) is 0 Å². The zero-order valence-electron chi connectivity index (χ0n) is 8.89. The largest absolute Gasteiger partial charge is 0.469 e. The van der Waals surface area contributed by atoms with Crippen molar-refractivity contribution in [3.63, 3.8) is 0 Å². The van der Waals surface area contributed by atoms with Crippen LogP contribution in [0, 0.1) is 6.42 Å². The molecule has 0 aliphatic carbocycles. The summed E-state index contributed by atoms with van der Waals surface area (Å²) >= 11 is 0. The highest BCUT2D eigenvalue weighted by Crippen LogP contribution is 2.25. The second-order valence-corrected chi connectivity index (χ2v) is 3.61. The predicted molar refractivity (Wildman–Crippen MR) is 61.6 cm³/mol. The van der Waals surface area contributed by atoms with E-state index >= 15 is 0 Å².